The van der Waals surface area contributed by atoms with E-state index in [4.69, 9.17) is 0 Å². The maximum Gasteiger partial charge on any atom is 0.256 e. The van der Waals surface area contributed by atoms with E-state index in [1.807, 2.05) is 18.2 Å². The molecule has 124 valence electrons. The predicted molar refractivity (Wildman–Crippen MR) is 89.4 cm³/mol. The van der Waals surface area contributed by atoms with Crippen LogP contribution in [0.2, 0.25) is 0 Å². The molecule has 0 spiro atoms. The maximum atomic E-state index is 14.1. The molecule has 1 fully saturated rings. The molecule has 0 saturated carbocycles. The predicted octanol–water partition coefficient (Wildman–Crippen LogP) is 2.73. The van der Waals surface area contributed by atoms with Crippen molar-refractivity contribution in [1.29, 1.82) is 0 Å². The minimum absolute atomic E-state index is 0.0376. The summed E-state index contributed by atoms with van der Waals surface area (Å²) >= 11 is 0. The Morgan fingerprint density at radius 2 is 1.42 bits per heavy atom. The van der Waals surface area contributed by atoms with Crippen LogP contribution in [0.3, 0.4) is 0 Å². The van der Waals surface area contributed by atoms with Gasteiger partial charge in [0.15, 0.2) is 0 Å². The third kappa shape index (κ3) is 3.15. The molecule has 1 heterocycles. The van der Waals surface area contributed by atoms with E-state index in [0.717, 1.165) is 0 Å². The maximum absolute atomic E-state index is 14.1. The van der Waals surface area contributed by atoms with Crippen molar-refractivity contribution in [3.8, 4) is 0 Å². The quantitative estimate of drug-likeness (QED) is 0.851. The van der Waals surface area contributed by atoms with Crippen LogP contribution in [-0.4, -0.2) is 47.8 Å². The Bertz CT molecular complexity index is 753. The molecular weight excluding hydrogens is 307 g/mol. The number of hydrogen-bond acceptors (Lipinski definition) is 2. The first kappa shape index (κ1) is 16.2. The molecule has 0 atom stereocenters. The lowest BCUT2D eigenvalue weighted by Gasteiger charge is -2.35. The van der Waals surface area contributed by atoms with Gasteiger partial charge < -0.3 is 9.80 Å². The second-order valence-electron chi connectivity index (χ2n) is 5.89. The first-order valence-corrected chi connectivity index (χ1v) is 7.96. The van der Waals surface area contributed by atoms with Crippen molar-refractivity contribution in [2.75, 3.05) is 26.2 Å². The fourth-order valence-corrected chi connectivity index (χ4v) is 2.86. The van der Waals surface area contributed by atoms with Crippen LogP contribution in [0.4, 0.5) is 4.39 Å². The molecule has 1 aliphatic rings. The number of hydrogen-bond donors (Lipinski definition) is 0. The van der Waals surface area contributed by atoms with Crippen LogP contribution in [0.15, 0.2) is 48.5 Å². The van der Waals surface area contributed by atoms with Gasteiger partial charge in [-0.15, -0.1) is 0 Å². The number of piperazine rings is 1. The number of nitrogens with zero attached hydrogens (tertiary/aromatic N) is 2. The Balaban J connectivity index is 1.66. The standard InChI is InChI=1S/C19H19FN2O2/c1-14-6-5-9-16(17(14)20)19(24)22-12-10-21(11-13-22)18(23)15-7-3-2-4-8-15/h2-9H,10-13H2,1H3. The summed E-state index contributed by atoms with van der Waals surface area (Å²) in [6, 6.07) is 13.9. The Morgan fingerprint density at radius 1 is 0.833 bits per heavy atom. The zero-order valence-corrected chi connectivity index (χ0v) is 13.5. The minimum Gasteiger partial charge on any atom is -0.335 e. The fourth-order valence-electron chi connectivity index (χ4n) is 2.86. The van der Waals surface area contributed by atoms with Gasteiger partial charge in [-0.3, -0.25) is 9.59 Å². The highest BCUT2D eigenvalue weighted by molar-refractivity contribution is 5.96. The third-order valence-corrected chi connectivity index (χ3v) is 4.30. The largest absolute Gasteiger partial charge is 0.335 e. The van der Waals surface area contributed by atoms with E-state index < -0.39 is 5.82 Å². The minimum atomic E-state index is -0.467. The smallest absolute Gasteiger partial charge is 0.256 e. The van der Waals surface area contributed by atoms with Gasteiger partial charge in [-0.1, -0.05) is 30.3 Å². The molecule has 2 amide bonds. The summed E-state index contributed by atoms with van der Waals surface area (Å²) in [6.07, 6.45) is 0. The highest BCUT2D eigenvalue weighted by atomic mass is 19.1. The lowest BCUT2D eigenvalue weighted by Crippen LogP contribution is -2.50. The molecule has 4 nitrogen and oxygen atoms in total. The zero-order chi connectivity index (χ0) is 17.1. The summed E-state index contributed by atoms with van der Waals surface area (Å²) < 4.78 is 14.1. The Hall–Kier alpha value is -2.69. The Morgan fingerprint density at radius 3 is 2.04 bits per heavy atom. The summed E-state index contributed by atoms with van der Waals surface area (Å²) in [5.74, 6) is -0.822. The van der Waals surface area contributed by atoms with Gasteiger partial charge in [0.25, 0.3) is 11.8 Å². The van der Waals surface area contributed by atoms with Gasteiger partial charge in [-0.25, -0.2) is 4.39 Å². The van der Waals surface area contributed by atoms with Crippen LogP contribution in [0.5, 0.6) is 0 Å². The highest BCUT2D eigenvalue weighted by Gasteiger charge is 2.26. The summed E-state index contributed by atoms with van der Waals surface area (Å²) in [6.45, 7) is 3.36. The summed E-state index contributed by atoms with van der Waals surface area (Å²) in [7, 11) is 0. The van der Waals surface area contributed by atoms with Crippen LogP contribution in [0.25, 0.3) is 0 Å². The molecule has 0 bridgehead atoms. The van der Waals surface area contributed by atoms with E-state index in [-0.39, 0.29) is 17.4 Å². The van der Waals surface area contributed by atoms with Gasteiger partial charge in [-0.05, 0) is 30.7 Å². The van der Waals surface area contributed by atoms with Gasteiger partial charge >= 0.3 is 0 Å². The van der Waals surface area contributed by atoms with Crippen molar-refractivity contribution in [1.82, 2.24) is 9.80 Å². The Kier molecular flexibility index (Phi) is 4.60. The SMILES string of the molecule is Cc1cccc(C(=O)N2CCN(C(=O)c3ccccc3)CC2)c1F. The zero-order valence-electron chi connectivity index (χ0n) is 13.5. The average Bonchev–Trinajstić information content (AvgIpc) is 2.64. The number of carbonyl (C=O) groups is 2. The topological polar surface area (TPSA) is 40.6 Å². The first-order valence-electron chi connectivity index (χ1n) is 7.96. The monoisotopic (exact) mass is 326 g/mol. The molecule has 24 heavy (non-hydrogen) atoms. The molecule has 0 unspecified atom stereocenters. The van der Waals surface area contributed by atoms with E-state index in [2.05, 4.69) is 0 Å². The Labute approximate surface area is 140 Å². The van der Waals surface area contributed by atoms with E-state index in [1.165, 1.54) is 6.07 Å². The van der Waals surface area contributed by atoms with Crippen molar-refractivity contribution < 1.29 is 14.0 Å². The van der Waals surface area contributed by atoms with Crippen molar-refractivity contribution in [2.24, 2.45) is 0 Å². The van der Waals surface area contributed by atoms with Crippen LogP contribution in [0, 0.1) is 12.7 Å². The van der Waals surface area contributed by atoms with Crippen LogP contribution in [-0.2, 0) is 0 Å². The molecule has 0 aromatic heterocycles. The molecule has 1 aliphatic heterocycles. The molecule has 0 N–H and O–H groups in total. The number of carbonyl (C=O) groups excluding carboxylic acids is 2. The van der Waals surface area contributed by atoms with Gasteiger partial charge in [0.1, 0.15) is 5.82 Å². The number of rotatable bonds is 2. The second kappa shape index (κ2) is 6.83. The number of halogens is 1. The van der Waals surface area contributed by atoms with Crippen LogP contribution in [0.1, 0.15) is 26.3 Å². The highest BCUT2D eigenvalue weighted by Crippen LogP contribution is 2.16. The molecule has 2 aromatic carbocycles. The van der Waals surface area contributed by atoms with Crippen molar-refractivity contribution in [3.05, 3.63) is 71.0 Å². The lowest BCUT2D eigenvalue weighted by atomic mass is 10.1. The van der Waals surface area contributed by atoms with Crippen molar-refractivity contribution >= 4 is 11.8 Å². The second-order valence-corrected chi connectivity index (χ2v) is 5.89. The van der Waals surface area contributed by atoms with Crippen molar-refractivity contribution in [2.45, 2.75) is 6.92 Å². The third-order valence-electron chi connectivity index (χ3n) is 4.30. The lowest BCUT2D eigenvalue weighted by molar-refractivity contribution is 0.0532. The summed E-state index contributed by atoms with van der Waals surface area (Å²) in [4.78, 5) is 28.2. The van der Waals surface area contributed by atoms with Crippen LogP contribution < -0.4 is 0 Å². The summed E-state index contributed by atoms with van der Waals surface area (Å²) in [5, 5.41) is 0. The van der Waals surface area contributed by atoms with E-state index in [9.17, 15) is 14.0 Å². The molecule has 2 aromatic rings. The molecule has 1 saturated heterocycles. The summed E-state index contributed by atoms with van der Waals surface area (Å²) in [5.41, 5.74) is 1.19. The van der Waals surface area contributed by atoms with Gasteiger partial charge in [0.05, 0.1) is 5.56 Å². The van der Waals surface area contributed by atoms with Gasteiger partial charge in [-0.2, -0.15) is 0 Å². The first-order chi connectivity index (χ1) is 11.6. The molecule has 3 rings (SSSR count). The van der Waals surface area contributed by atoms with Crippen LogP contribution >= 0.6 is 0 Å². The molecule has 0 radical (unpaired) electrons. The molecule has 5 heteroatoms. The molecular formula is C19H19FN2O2. The van der Waals surface area contributed by atoms with E-state index >= 15 is 0 Å². The average molecular weight is 326 g/mol. The number of benzene rings is 2. The van der Waals surface area contributed by atoms with Crippen molar-refractivity contribution in [3.63, 3.8) is 0 Å². The van der Waals surface area contributed by atoms with Gasteiger partial charge in [0, 0.05) is 31.7 Å². The van der Waals surface area contributed by atoms with Gasteiger partial charge in [0.2, 0.25) is 0 Å². The molecule has 0 aliphatic carbocycles. The number of aryl methyl sites for hydroxylation is 1. The van der Waals surface area contributed by atoms with E-state index in [0.29, 0.717) is 37.3 Å². The fraction of sp³-hybridized carbons (Fsp3) is 0.263. The normalized spacial score (nSPS) is 14.6. The number of amides is 2. The van der Waals surface area contributed by atoms with E-state index in [1.54, 1.807) is 41.0 Å².